The highest BCUT2D eigenvalue weighted by Gasteiger charge is 2.36. The van der Waals surface area contributed by atoms with E-state index in [0.717, 1.165) is 18.4 Å². The van der Waals surface area contributed by atoms with E-state index >= 15 is 0 Å². The summed E-state index contributed by atoms with van der Waals surface area (Å²) in [5.41, 5.74) is 4.65. The summed E-state index contributed by atoms with van der Waals surface area (Å²) in [6.07, 6.45) is 4.36. The quantitative estimate of drug-likeness (QED) is 0.443. The second-order valence-electron chi connectivity index (χ2n) is 8.48. The second kappa shape index (κ2) is 12.3. The Balaban J connectivity index is 0.000000343. The lowest BCUT2D eigenvalue weighted by Crippen LogP contribution is -2.34. The van der Waals surface area contributed by atoms with Crippen LogP contribution < -0.4 is 0 Å². The summed E-state index contributed by atoms with van der Waals surface area (Å²) < 4.78 is 0. The summed E-state index contributed by atoms with van der Waals surface area (Å²) in [4.78, 5) is 17.2. The summed E-state index contributed by atoms with van der Waals surface area (Å²) >= 11 is 6.04. The lowest BCUT2D eigenvalue weighted by molar-refractivity contribution is -0.133. The van der Waals surface area contributed by atoms with Crippen molar-refractivity contribution in [3.63, 3.8) is 0 Å². The normalized spacial score (nSPS) is 16.4. The van der Waals surface area contributed by atoms with Crippen molar-refractivity contribution in [1.29, 1.82) is 0 Å². The van der Waals surface area contributed by atoms with E-state index in [1.54, 1.807) is 12.1 Å². The number of phenols is 1. The first-order valence-electron chi connectivity index (χ1n) is 11.7. The van der Waals surface area contributed by atoms with E-state index in [2.05, 4.69) is 37.1 Å². The van der Waals surface area contributed by atoms with Gasteiger partial charge in [0.1, 0.15) is 11.9 Å². The van der Waals surface area contributed by atoms with Gasteiger partial charge in [0, 0.05) is 24.2 Å². The maximum atomic E-state index is 13.0. The third-order valence-corrected chi connectivity index (χ3v) is 6.13. The van der Waals surface area contributed by atoms with Crippen molar-refractivity contribution in [3.8, 4) is 5.75 Å². The number of rotatable bonds is 5. The Labute approximate surface area is 208 Å². The van der Waals surface area contributed by atoms with Crippen LogP contribution in [0.5, 0.6) is 5.75 Å². The largest absolute Gasteiger partial charge is 0.508 e. The van der Waals surface area contributed by atoms with Crippen LogP contribution in [-0.2, 0) is 11.2 Å². The monoisotopic (exact) mass is 476 g/mol. The van der Waals surface area contributed by atoms with Crippen molar-refractivity contribution >= 4 is 17.5 Å². The maximum Gasteiger partial charge on any atom is 0.225 e. The SMILES string of the molecule is CC/C=C1\CN(C(=O)CCc2ccccc2)C(c2ccc(Cl)cc2)N1C.Cc1ccc(O)cc1. The van der Waals surface area contributed by atoms with Crippen LogP contribution >= 0.6 is 11.6 Å². The van der Waals surface area contributed by atoms with Crippen LogP contribution in [0.15, 0.2) is 90.6 Å². The number of likely N-dealkylation sites (N-methyl/N-ethyl adjacent to an activating group) is 1. The number of amides is 1. The van der Waals surface area contributed by atoms with Gasteiger partial charge >= 0.3 is 0 Å². The molecular weight excluding hydrogens is 444 g/mol. The van der Waals surface area contributed by atoms with Gasteiger partial charge in [-0.25, -0.2) is 0 Å². The molecule has 34 heavy (non-hydrogen) atoms. The molecule has 178 valence electrons. The number of phenolic OH excluding ortho intramolecular Hbond substituents is 1. The number of allylic oxidation sites excluding steroid dienone is 1. The first-order valence-corrected chi connectivity index (χ1v) is 12.0. The highest BCUT2D eigenvalue weighted by Crippen LogP contribution is 2.35. The molecule has 0 radical (unpaired) electrons. The number of carbonyl (C=O) groups excluding carboxylic acids is 1. The highest BCUT2D eigenvalue weighted by atomic mass is 35.5. The van der Waals surface area contributed by atoms with Gasteiger partial charge in [-0.1, -0.05) is 84.8 Å². The van der Waals surface area contributed by atoms with E-state index in [1.807, 2.05) is 66.4 Å². The molecule has 1 atom stereocenters. The molecule has 0 aromatic heterocycles. The third-order valence-electron chi connectivity index (χ3n) is 5.88. The fourth-order valence-electron chi connectivity index (χ4n) is 4.03. The highest BCUT2D eigenvalue weighted by molar-refractivity contribution is 6.30. The average Bonchev–Trinajstić information content (AvgIpc) is 3.17. The minimum atomic E-state index is -0.0756. The van der Waals surface area contributed by atoms with Gasteiger partial charge in [-0.3, -0.25) is 4.79 Å². The molecular formula is C29H33ClN2O2. The van der Waals surface area contributed by atoms with E-state index in [9.17, 15) is 4.79 Å². The topological polar surface area (TPSA) is 43.8 Å². The molecule has 4 rings (SSSR count). The molecule has 1 heterocycles. The van der Waals surface area contributed by atoms with Gasteiger partial charge in [0.05, 0.1) is 6.54 Å². The van der Waals surface area contributed by atoms with Crippen LogP contribution in [0.4, 0.5) is 0 Å². The Morgan fingerprint density at radius 2 is 1.68 bits per heavy atom. The molecule has 5 heteroatoms. The number of carbonyl (C=O) groups is 1. The van der Waals surface area contributed by atoms with Crippen LogP contribution in [0.1, 0.15) is 42.6 Å². The van der Waals surface area contributed by atoms with Crippen LogP contribution in [0.2, 0.25) is 5.02 Å². The fourth-order valence-corrected chi connectivity index (χ4v) is 4.16. The van der Waals surface area contributed by atoms with Gasteiger partial charge in [0.2, 0.25) is 5.91 Å². The molecule has 0 bridgehead atoms. The summed E-state index contributed by atoms with van der Waals surface area (Å²) in [7, 11) is 2.06. The van der Waals surface area contributed by atoms with E-state index in [0.29, 0.717) is 23.7 Å². The molecule has 0 spiro atoms. The van der Waals surface area contributed by atoms with Gasteiger partial charge in [-0.2, -0.15) is 0 Å². The summed E-state index contributed by atoms with van der Waals surface area (Å²) in [5.74, 6) is 0.510. The summed E-state index contributed by atoms with van der Waals surface area (Å²) in [6, 6.07) is 25.1. The minimum absolute atomic E-state index is 0.0756. The van der Waals surface area contributed by atoms with Gasteiger partial charge in [-0.05, 0) is 55.2 Å². The minimum Gasteiger partial charge on any atom is -0.508 e. The predicted molar refractivity (Wildman–Crippen MR) is 140 cm³/mol. The number of hydrogen-bond acceptors (Lipinski definition) is 3. The van der Waals surface area contributed by atoms with Gasteiger partial charge in [0.25, 0.3) is 0 Å². The van der Waals surface area contributed by atoms with Crippen molar-refractivity contribution in [2.75, 3.05) is 13.6 Å². The van der Waals surface area contributed by atoms with Crippen molar-refractivity contribution in [2.24, 2.45) is 0 Å². The molecule has 1 aliphatic heterocycles. The lowest BCUT2D eigenvalue weighted by atomic mass is 10.1. The van der Waals surface area contributed by atoms with Crippen molar-refractivity contribution < 1.29 is 9.90 Å². The molecule has 0 aliphatic carbocycles. The molecule has 4 nitrogen and oxygen atoms in total. The fraction of sp³-hybridized carbons (Fsp3) is 0.276. The van der Waals surface area contributed by atoms with Crippen molar-refractivity contribution in [1.82, 2.24) is 9.80 Å². The number of nitrogens with zero attached hydrogens (tertiary/aromatic N) is 2. The molecule has 1 fully saturated rings. The zero-order valence-corrected chi connectivity index (χ0v) is 20.9. The second-order valence-corrected chi connectivity index (χ2v) is 8.92. The Kier molecular flexibility index (Phi) is 9.17. The first-order chi connectivity index (χ1) is 16.4. The van der Waals surface area contributed by atoms with Crippen molar-refractivity contribution in [3.05, 3.63) is 112 Å². The number of halogens is 1. The number of aryl methyl sites for hydroxylation is 2. The first kappa shape index (κ1) is 25.4. The average molecular weight is 477 g/mol. The van der Waals surface area contributed by atoms with Crippen LogP contribution in [0.25, 0.3) is 0 Å². The molecule has 1 aliphatic rings. The summed E-state index contributed by atoms with van der Waals surface area (Å²) in [6.45, 7) is 4.77. The predicted octanol–water partition coefficient (Wildman–Crippen LogP) is 6.74. The van der Waals surface area contributed by atoms with E-state index in [4.69, 9.17) is 16.7 Å². The van der Waals surface area contributed by atoms with Gasteiger partial charge in [-0.15, -0.1) is 0 Å². The zero-order valence-electron chi connectivity index (χ0n) is 20.1. The molecule has 3 aromatic rings. The van der Waals surface area contributed by atoms with E-state index < -0.39 is 0 Å². The Bertz CT molecular complexity index is 1060. The third kappa shape index (κ3) is 6.88. The molecule has 1 N–H and O–H groups in total. The van der Waals surface area contributed by atoms with Crippen LogP contribution in [0, 0.1) is 6.92 Å². The number of benzene rings is 3. The molecule has 1 saturated heterocycles. The number of aromatic hydroxyl groups is 1. The standard InChI is InChI=1S/C22H25ClN2O.C7H8O/c1-3-7-20-16-25(21(26)15-10-17-8-5-4-6-9-17)22(24(20)2)18-11-13-19(23)14-12-18;1-6-2-4-7(8)5-3-6/h4-9,11-14,22H,3,10,15-16H2,1-2H3;2-5,8H,1H3/b20-7+;. The van der Waals surface area contributed by atoms with Crippen LogP contribution in [0.3, 0.4) is 0 Å². The van der Waals surface area contributed by atoms with Crippen LogP contribution in [-0.4, -0.2) is 34.4 Å². The molecule has 1 amide bonds. The number of hydrogen-bond donors (Lipinski definition) is 1. The van der Waals surface area contributed by atoms with E-state index in [-0.39, 0.29) is 12.1 Å². The Hall–Kier alpha value is -3.24. The lowest BCUT2D eigenvalue weighted by Gasteiger charge is -2.29. The zero-order chi connectivity index (χ0) is 24.5. The molecule has 1 unspecified atom stereocenters. The van der Waals surface area contributed by atoms with E-state index in [1.165, 1.54) is 16.8 Å². The molecule has 3 aromatic carbocycles. The van der Waals surface area contributed by atoms with Gasteiger partial charge < -0.3 is 14.9 Å². The summed E-state index contributed by atoms with van der Waals surface area (Å²) in [5, 5.41) is 9.47. The van der Waals surface area contributed by atoms with Crippen molar-refractivity contribution in [2.45, 2.75) is 39.3 Å². The maximum absolute atomic E-state index is 13.0. The smallest absolute Gasteiger partial charge is 0.225 e. The Morgan fingerprint density at radius 3 is 2.26 bits per heavy atom. The van der Waals surface area contributed by atoms with Gasteiger partial charge in [0.15, 0.2) is 0 Å². The Morgan fingerprint density at radius 1 is 1.03 bits per heavy atom. The molecule has 0 saturated carbocycles.